The number of amides is 1. The number of likely N-dealkylation sites (N-methyl/N-ethyl adjacent to an activating group) is 1. The largest absolute Gasteiger partial charge is 0.386 e. The number of hydrogen-bond acceptors (Lipinski definition) is 3. The predicted molar refractivity (Wildman–Crippen MR) is 55.0 cm³/mol. The van der Waals surface area contributed by atoms with Crippen LogP contribution < -0.4 is 5.32 Å². The Morgan fingerprint density at radius 3 is 2.43 bits per heavy atom. The zero-order chi connectivity index (χ0) is 11.0. The molecule has 0 aromatic carbocycles. The van der Waals surface area contributed by atoms with Gasteiger partial charge in [0, 0.05) is 0 Å². The Labute approximate surface area is 85.3 Å². The Bertz CT molecular complexity index is 228. The topological polar surface area (TPSA) is 52.6 Å². The molecule has 2 N–H and O–H groups in total. The molecule has 1 amide bonds. The summed E-state index contributed by atoms with van der Waals surface area (Å²) in [6.07, 6.45) is 0. The minimum atomic E-state index is -0.683. The van der Waals surface area contributed by atoms with Crippen molar-refractivity contribution in [2.45, 2.75) is 38.8 Å². The van der Waals surface area contributed by atoms with Gasteiger partial charge < -0.3 is 15.3 Å². The lowest BCUT2D eigenvalue weighted by atomic mass is 9.93. The molecule has 1 saturated heterocycles. The summed E-state index contributed by atoms with van der Waals surface area (Å²) in [6.45, 7) is 9.11. The molecule has 0 bridgehead atoms. The summed E-state index contributed by atoms with van der Waals surface area (Å²) in [4.78, 5) is 13.6. The summed E-state index contributed by atoms with van der Waals surface area (Å²) in [5.41, 5.74) is -1.21. The summed E-state index contributed by atoms with van der Waals surface area (Å²) in [5, 5.41) is 12.6. The zero-order valence-electron chi connectivity index (χ0n) is 9.42. The third kappa shape index (κ3) is 2.25. The molecule has 1 rings (SSSR count). The molecule has 0 aromatic heterocycles. The number of aliphatic hydroxyl groups is 1. The van der Waals surface area contributed by atoms with Crippen LogP contribution in [0, 0.1) is 0 Å². The van der Waals surface area contributed by atoms with Gasteiger partial charge in [-0.15, -0.1) is 0 Å². The normalized spacial score (nSPS) is 20.5. The highest BCUT2D eigenvalue weighted by Gasteiger charge is 2.43. The van der Waals surface area contributed by atoms with E-state index in [9.17, 15) is 9.90 Å². The molecule has 1 aliphatic heterocycles. The van der Waals surface area contributed by atoms with Crippen LogP contribution >= 0.6 is 0 Å². The average Bonchev–Trinajstić information content (AvgIpc) is 1.98. The van der Waals surface area contributed by atoms with E-state index in [1.54, 1.807) is 11.8 Å². The fourth-order valence-electron chi connectivity index (χ4n) is 1.83. The number of carbonyl (C=O) groups excluding carboxylic acids is 1. The van der Waals surface area contributed by atoms with Crippen molar-refractivity contribution in [3.05, 3.63) is 0 Å². The lowest BCUT2D eigenvalue weighted by Gasteiger charge is -2.47. The van der Waals surface area contributed by atoms with Crippen molar-refractivity contribution >= 4 is 5.91 Å². The lowest BCUT2D eigenvalue weighted by Crippen LogP contribution is -2.67. The van der Waals surface area contributed by atoms with Gasteiger partial charge in [-0.3, -0.25) is 4.79 Å². The van der Waals surface area contributed by atoms with Gasteiger partial charge in [-0.1, -0.05) is 6.92 Å². The van der Waals surface area contributed by atoms with Gasteiger partial charge in [-0.25, -0.2) is 0 Å². The Balaban J connectivity index is 2.51. The molecular formula is C10H20N2O2. The van der Waals surface area contributed by atoms with Gasteiger partial charge in [-0.2, -0.15) is 0 Å². The Morgan fingerprint density at radius 1 is 1.57 bits per heavy atom. The molecule has 0 spiro atoms. The maximum Gasteiger partial charge on any atom is 0.242 e. The van der Waals surface area contributed by atoms with Crippen LogP contribution in [-0.2, 0) is 4.79 Å². The van der Waals surface area contributed by atoms with E-state index in [0.29, 0.717) is 13.1 Å². The molecule has 0 unspecified atom stereocenters. The van der Waals surface area contributed by atoms with Crippen LogP contribution in [0.15, 0.2) is 0 Å². The van der Waals surface area contributed by atoms with E-state index in [-0.39, 0.29) is 5.91 Å². The molecule has 0 radical (unpaired) electrons. The zero-order valence-corrected chi connectivity index (χ0v) is 9.42. The maximum absolute atomic E-state index is 11.9. The van der Waals surface area contributed by atoms with Crippen molar-refractivity contribution in [3.8, 4) is 0 Å². The summed E-state index contributed by atoms with van der Waals surface area (Å²) in [5.74, 6) is 0.0610. The second-order valence-corrected chi connectivity index (χ2v) is 4.81. The van der Waals surface area contributed by atoms with Gasteiger partial charge in [0.05, 0.1) is 24.2 Å². The van der Waals surface area contributed by atoms with Crippen molar-refractivity contribution in [1.82, 2.24) is 10.2 Å². The van der Waals surface area contributed by atoms with Gasteiger partial charge in [0.25, 0.3) is 0 Å². The van der Waals surface area contributed by atoms with Gasteiger partial charge in [0.1, 0.15) is 0 Å². The van der Waals surface area contributed by atoms with Crippen LogP contribution in [0.3, 0.4) is 0 Å². The molecule has 4 heteroatoms. The van der Waals surface area contributed by atoms with E-state index >= 15 is 0 Å². The number of hydrogen-bond donors (Lipinski definition) is 2. The molecular weight excluding hydrogens is 180 g/mol. The summed E-state index contributed by atoms with van der Waals surface area (Å²) >= 11 is 0. The first-order valence-corrected chi connectivity index (χ1v) is 5.05. The Morgan fingerprint density at radius 2 is 2.07 bits per heavy atom. The molecule has 4 nitrogen and oxygen atoms in total. The predicted octanol–water partition coefficient (Wildman–Crippen LogP) is -0.0323. The maximum atomic E-state index is 11.9. The molecule has 1 fully saturated rings. The molecule has 1 aliphatic rings. The van der Waals surface area contributed by atoms with E-state index in [1.807, 2.05) is 20.8 Å². The number of β-amino-alcohol motifs (C(OH)–C–C–N with tert-alkyl or cyclic N) is 1. The second kappa shape index (κ2) is 3.51. The highest BCUT2D eigenvalue weighted by molar-refractivity contribution is 5.86. The summed E-state index contributed by atoms with van der Waals surface area (Å²) < 4.78 is 0. The highest BCUT2D eigenvalue weighted by atomic mass is 16.3. The van der Waals surface area contributed by atoms with E-state index in [0.717, 1.165) is 6.54 Å². The molecule has 14 heavy (non-hydrogen) atoms. The molecule has 0 atom stereocenters. The smallest absolute Gasteiger partial charge is 0.242 e. The van der Waals surface area contributed by atoms with Gasteiger partial charge >= 0.3 is 0 Å². The average molecular weight is 200 g/mol. The van der Waals surface area contributed by atoms with Crippen molar-refractivity contribution in [1.29, 1.82) is 0 Å². The van der Waals surface area contributed by atoms with E-state index in [2.05, 4.69) is 5.32 Å². The summed E-state index contributed by atoms with van der Waals surface area (Å²) in [7, 11) is 0. The van der Waals surface area contributed by atoms with Crippen molar-refractivity contribution in [3.63, 3.8) is 0 Å². The number of carbonyl (C=O) groups is 1. The SMILES string of the molecule is CCNC(C)(C)C(=O)N1CC(C)(O)C1. The standard InChI is InChI=1S/C10H20N2O2/c1-5-11-9(2,3)8(13)12-6-10(4,14)7-12/h11,14H,5-7H2,1-4H3. The first-order valence-electron chi connectivity index (χ1n) is 5.05. The number of rotatable bonds is 3. The van der Waals surface area contributed by atoms with Crippen molar-refractivity contribution < 1.29 is 9.90 Å². The van der Waals surface area contributed by atoms with E-state index < -0.39 is 11.1 Å². The highest BCUT2D eigenvalue weighted by Crippen LogP contribution is 2.22. The molecule has 0 aliphatic carbocycles. The number of nitrogens with zero attached hydrogens (tertiary/aromatic N) is 1. The number of nitrogens with one attached hydrogen (secondary N) is 1. The Hall–Kier alpha value is -0.610. The minimum absolute atomic E-state index is 0.0610. The van der Waals surface area contributed by atoms with Crippen LogP contribution in [0.25, 0.3) is 0 Å². The van der Waals surface area contributed by atoms with Gasteiger partial charge in [0.2, 0.25) is 5.91 Å². The second-order valence-electron chi connectivity index (χ2n) is 4.81. The monoisotopic (exact) mass is 200 g/mol. The molecule has 82 valence electrons. The number of likely N-dealkylation sites (tertiary alicyclic amines) is 1. The fourth-order valence-corrected chi connectivity index (χ4v) is 1.83. The third-order valence-corrected chi connectivity index (χ3v) is 2.50. The van der Waals surface area contributed by atoms with Crippen LogP contribution in [0.2, 0.25) is 0 Å². The Kier molecular flexibility index (Phi) is 2.88. The molecule has 0 saturated carbocycles. The quantitative estimate of drug-likeness (QED) is 0.672. The first-order chi connectivity index (χ1) is 6.28. The third-order valence-electron chi connectivity index (χ3n) is 2.50. The minimum Gasteiger partial charge on any atom is -0.386 e. The molecule has 1 heterocycles. The van der Waals surface area contributed by atoms with Crippen LogP contribution in [0.5, 0.6) is 0 Å². The molecule has 0 aromatic rings. The fraction of sp³-hybridized carbons (Fsp3) is 0.900. The van der Waals surface area contributed by atoms with Gasteiger partial charge in [0.15, 0.2) is 0 Å². The van der Waals surface area contributed by atoms with Crippen LogP contribution in [0.4, 0.5) is 0 Å². The van der Waals surface area contributed by atoms with Crippen LogP contribution in [-0.4, -0.2) is 46.7 Å². The van der Waals surface area contributed by atoms with Gasteiger partial charge in [-0.05, 0) is 27.3 Å². The van der Waals surface area contributed by atoms with E-state index in [1.165, 1.54) is 0 Å². The van der Waals surface area contributed by atoms with Crippen molar-refractivity contribution in [2.24, 2.45) is 0 Å². The first kappa shape index (κ1) is 11.5. The lowest BCUT2D eigenvalue weighted by molar-refractivity contribution is -0.158. The van der Waals surface area contributed by atoms with Crippen LogP contribution in [0.1, 0.15) is 27.7 Å². The van der Waals surface area contributed by atoms with Crippen molar-refractivity contribution in [2.75, 3.05) is 19.6 Å². The summed E-state index contributed by atoms with van der Waals surface area (Å²) in [6, 6.07) is 0. The van der Waals surface area contributed by atoms with E-state index in [4.69, 9.17) is 0 Å².